The SMILES string of the molecule is CC(=O)c1c(Cc2ccc(I)cc2Cl)n(C)c(=O)n(C)c1=O.CC(C)(C)OCCO.Cn1c(Cc2ccc(I)cc2Cl)c(C(=O)NOCCOC(C)(C)C)c(=O)n(C)c1=O.N. The van der Waals surface area contributed by atoms with Crippen LogP contribution in [0, 0.1) is 7.14 Å². The van der Waals surface area contributed by atoms with Crippen molar-refractivity contribution in [3.8, 4) is 0 Å². The van der Waals surface area contributed by atoms with Crippen LogP contribution in [0.4, 0.5) is 0 Å². The maximum atomic E-state index is 12.8. The molecule has 20 heteroatoms. The minimum absolute atomic E-state index is 0. The van der Waals surface area contributed by atoms with Gasteiger partial charge in [0.15, 0.2) is 5.78 Å². The van der Waals surface area contributed by atoms with Gasteiger partial charge in [0.1, 0.15) is 11.1 Å². The molecule has 0 aliphatic carbocycles. The first-order chi connectivity index (χ1) is 27.7. The third-order valence-corrected chi connectivity index (χ3v) is 10.5. The zero-order chi connectivity index (χ0) is 45.9. The predicted molar refractivity (Wildman–Crippen MR) is 255 cm³/mol. The fourth-order valence-electron chi connectivity index (χ4n) is 5.37. The molecule has 0 atom stereocenters. The molecule has 4 rings (SSSR count). The van der Waals surface area contributed by atoms with E-state index in [0.29, 0.717) is 27.9 Å². The molecule has 0 radical (unpaired) electrons. The molecule has 0 spiro atoms. The molecular formula is C41H56Cl2I2N6O10. The van der Waals surface area contributed by atoms with E-state index in [-0.39, 0.29) is 72.6 Å². The summed E-state index contributed by atoms with van der Waals surface area (Å²) in [5.41, 5.74) is 1.47. The van der Waals surface area contributed by atoms with Gasteiger partial charge in [-0.15, -0.1) is 0 Å². The standard InChI is InChI=1S/C20H25ClIN3O5.C15H14ClIN2O3.C6H14O2.H3N/c1-20(2,3)29-8-9-30-23-17(26)16-15(24(4)19(28)25(5)18(16)27)10-12-6-7-13(22)11-14(12)21;1-8(20)13-12(18(2)15(22)19(3)14(13)21)6-9-4-5-10(17)7-11(9)16;1-6(2,3)8-5-4-7;/h6-7,11H,8-10H2,1-5H3,(H,23,26);4-5,7H,6H2,1-3H3;7H,4-5H2,1-3H3;1H3. The van der Waals surface area contributed by atoms with E-state index in [2.05, 4.69) is 50.7 Å². The third kappa shape index (κ3) is 16.8. The zero-order valence-corrected chi connectivity index (χ0v) is 42.2. The molecule has 5 N–H and O–H groups in total. The number of nitrogens with one attached hydrogen (secondary N) is 1. The summed E-state index contributed by atoms with van der Waals surface area (Å²) in [7, 11) is 5.73. The molecule has 0 fully saturated rings. The highest BCUT2D eigenvalue weighted by Gasteiger charge is 2.24. The molecule has 61 heavy (non-hydrogen) atoms. The van der Waals surface area contributed by atoms with Crippen LogP contribution in [-0.2, 0) is 55.3 Å². The monoisotopic (exact) mass is 1120 g/mol. The van der Waals surface area contributed by atoms with Gasteiger partial charge in [0.2, 0.25) is 0 Å². The second kappa shape index (κ2) is 24.6. The van der Waals surface area contributed by atoms with Crippen molar-refractivity contribution < 1.29 is 29.0 Å². The van der Waals surface area contributed by atoms with E-state index >= 15 is 0 Å². The number of benzene rings is 2. The number of Topliss-reactive ketones (excluding diaryl/α,β-unsaturated/α-hetero) is 1. The van der Waals surface area contributed by atoms with Gasteiger partial charge in [0.25, 0.3) is 17.0 Å². The fraction of sp³-hybridized carbons (Fsp3) is 0.463. The summed E-state index contributed by atoms with van der Waals surface area (Å²) in [4.78, 5) is 79.3. The number of aliphatic hydroxyl groups excluding tert-OH is 1. The predicted octanol–water partition coefficient (Wildman–Crippen LogP) is 5.50. The number of halogens is 4. The minimum atomic E-state index is -0.737. The lowest BCUT2D eigenvalue weighted by atomic mass is 10.0. The number of carbonyl (C=O) groups is 2. The van der Waals surface area contributed by atoms with Crippen LogP contribution in [0.25, 0.3) is 0 Å². The highest BCUT2D eigenvalue weighted by molar-refractivity contribution is 14.1. The molecule has 0 bridgehead atoms. The topological polar surface area (TPSA) is 217 Å². The van der Waals surface area contributed by atoms with Gasteiger partial charge in [-0.1, -0.05) is 35.3 Å². The first-order valence-corrected chi connectivity index (χ1v) is 21.4. The van der Waals surface area contributed by atoms with E-state index in [0.717, 1.165) is 21.8 Å². The lowest BCUT2D eigenvalue weighted by Crippen LogP contribution is -2.44. The number of aliphatic hydroxyl groups is 1. The van der Waals surface area contributed by atoms with Crippen molar-refractivity contribution in [2.24, 2.45) is 28.2 Å². The van der Waals surface area contributed by atoms with Crippen LogP contribution in [-0.4, -0.2) is 72.7 Å². The second-order valence-electron chi connectivity index (χ2n) is 15.4. The number of carbonyl (C=O) groups excluding carboxylic acids is 2. The van der Waals surface area contributed by atoms with Crippen LogP contribution in [0.3, 0.4) is 0 Å². The van der Waals surface area contributed by atoms with E-state index in [1.165, 1.54) is 37.2 Å². The van der Waals surface area contributed by atoms with E-state index in [1.807, 2.05) is 59.7 Å². The van der Waals surface area contributed by atoms with Crippen LogP contribution >= 0.6 is 68.4 Å². The first kappa shape index (κ1) is 55.8. The molecule has 0 aliphatic heterocycles. The first-order valence-electron chi connectivity index (χ1n) is 18.5. The summed E-state index contributed by atoms with van der Waals surface area (Å²) in [6.07, 6.45) is 0.375. The Bertz CT molecular complexity index is 2420. The Morgan fingerprint density at radius 3 is 1.43 bits per heavy atom. The molecule has 2 aromatic heterocycles. The van der Waals surface area contributed by atoms with Gasteiger partial charge in [-0.05, 0) is 129 Å². The number of hydrogen-bond donors (Lipinski definition) is 3. The van der Waals surface area contributed by atoms with Crippen LogP contribution in [0.15, 0.2) is 55.6 Å². The number of nitrogens with zero attached hydrogens (tertiary/aromatic N) is 4. The quantitative estimate of drug-likeness (QED) is 0.0697. The van der Waals surface area contributed by atoms with Gasteiger partial charge in [0.05, 0.1) is 37.6 Å². The molecule has 0 unspecified atom stereocenters. The largest absolute Gasteiger partial charge is 0.394 e. The van der Waals surface area contributed by atoms with Gasteiger partial charge in [-0.3, -0.25) is 42.3 Å². The molecule has 2 aromatic carbocycles. The average Bonchev–Trinajstić information content (AvgIpc) is 3.14. The number of ether oxygens (including phenoxy) is 2. The van der Waals surface area contributed by atoms with Gasteiger partial charge in [0, 0.05) is 69.6 Å². The van der Waals surface area contributed by atoms with Crippen LogP contribution in [0.2, 0.25) is 10.0 Å². The van der Waals surface area contributed by atoms with Crippen molar-refractivity contribution in [2.45, 2.75) is 72.5 Å². The summed E-state index contributed by atoms with van der Waals surface area (Å²) in [6, 6.07) is 10.9. The summed E-state index contributed by atoms with van der Waals surface area (Å²) in [6.45, 7) is 13.8. The van der Waals surface area contributed by atoms with Crippen molar-refractivity contribution >= 4 is 80.1 Å². The zero-order valence-electron chi connectivity index (χ0n) is 36.3. The lowest BCUT2D eigenvalue weighted by Gasteiger charge is -2.19. The average molecular weight is 1120 g/mol. The molecule has 0 aliphatic rings. The van der Waals surface area contributed by atoms with E-state index in [1.54, 1.807) is 25.2 Å². The molecule has 1 amide bonds. The maximum absolute atomic E-state index is 12.8. The lowest BCUT2D eigenvalue weighted by molar-refractivity contribution is -0.0512. The summed E-state index contributed by atoms with van der Waals surface area (Å²) in [5, 5.41) is 9.32. The molecule has 0 saturated heterocycles. The molecular weight excluding hydrogens is 1060 g/mol. The number of hydroxylamine groups is 1. The number of rotatable bonds is 12. The van der Waals surface area contributed by atoms with Gasteiger partial charge < -0.3 is 20.7 Å². The second-order valence-corrected chi connectivity index (χ2v) is 18.7. The highest BCUT2D eigenvalue weighted by atomic mass is 127. The fourth-order valence-corrected chi connectivity index (χ4v) is 7.21. The van der Waals surface area contributed by atoms with Crippen molar-refractivity contribution in [3.63, 3.8) is 0 Å². The van der Waals surface area contributed by atoms with Crippen molar-refractivity contribution in [2.75, 3.05) is 26.4 Å². The molecule has 16 nitrogen and oxygen atoms in total. The molecule has 2 heterocycles. The van der Waals surface area contributed by atoms with Crippen LogP contribution in [0.1, 0.15) is 91.7 Å². The normalized spacial score (nSPS) is 11.1. The van der Waals surface area contributed by atoms with Crippen molar-refractivity contribution in [3.05, 3.63) is 129 Å². The van der Waals surface area contributed by atoms with E-state index < -0.39 is 28.4 Å². The molecule has 338 valence electrons. The van der Waals surface area contributed by atoms with E-state index in [9.17, 15) is 28.8 Å². The molecule has 4 aromatic rings. The van der Waals surface area contributed by atoms with Gasteiger partial charge >= 0.3 is 11.4 Å². The smallest absolute Gasteiger partial charge is 0.330 e. The Balaban J connectivity index is 0.000000525. The number of ketones is 1. The Kier molecular flexibility index (Phi) is 22.5. The number of hydrogen-bond acceptors (Lipinski definition) is 11. The van der Waals surface area contributed by atoms with Gasteiger partial charge in [-0.25, -0.2) is 15.1 Å². The Morgan fingerprint density at radius 2 is 1.07 bits per heavy atom. The summed E-state index contributed by atoms with van der Waals surface area (Å²) >= 11 is 16.8. The van der Waals surface area contributed by atoms with Gasteiger partial charge in [-0.2, -0.15) is 0 Å². The van der Waals surface area contributed by atoms with Crippen molar-refractivity contribution in [1.82, 2.24) is 29.9 Å². The Labute approximate surface area is 392 Å². The van der Waals surface area contributed by atoms with E-state index in [4.69, 9.17) is 42.6 Å². The highest BCUT2D eigenvalue weighted by Crippen LogP contribution is 2.24. The minimum Gasteiger partial charge on any atom is -0.394 e. The van der Waals surface area contributed by atoms with Crippen LogP contribution in [0.5, 0.6) is 0 Å². The summed E-state index contributed by atoms with van der Waals surface area (Å²) < 4.78 is 17.0. The Hall–Kier alpha value is -3.22. The van der Waals surface area contributed by atoms with Crippen LogP contribution < -0.4 is 34.1 Å². The third-order valence-electron chi connectivity index (χ3n) is 8.41. The van der Waals surface area contributed by atoms with Crippen molar-refractivity contribution in [1.29, 1.82) is 0 Å². The number of amides is 1. The maximum Gasteiger partial charge on any atom is 0.330 e. The summed E-state index contributed by atoms with van der Waals surface area (Å²) in [5.74, 6) is -1.11. The molecule has 0 saturated carbocycles. The number of aromatic nitrogens is 4. The Morgan fingerprint density at radius 1 is 0.672 bits per heavy atom.